The molecule has 1 heterocycles. The number of hydrogen-bond acceptors (Lipinski definition) is 7. The van der Waals surface area contributed by atoms with E-state index in [1.807, 2.05) is 0 Å². The Kier molecular flexibility index (Phi) is 40.0. The highest BCUT2D eigenvalue weighted by Crippen LogP contribution is 2.15. The van der Waals surface area contributed by atoms with E-state index in [2.05, 4.69) is 29.1 Å². The average molecular weight is 792 g/mol. The van der Waals surface area contributed by atoms with Gasteiger partial charge < -0.3 is 25.5 Å². The van der Waals surface area contributed by atoms with Crippen LogP contribution in [0.5, 0.6) is 0 Å². The summed E-state index contributed by atoms with van der Waals surface area (Å²) in [5, 5.41) is 2.64. The van der Waals surface area contributed by atoms with E-state index >= 15 is 0 Å². The van der Waals surface area contributed by atoms with Gasteiger partial charge in [0.15, 0.2) is 0 Å². The van der Waals surface area contributed by atoms with Crippen LogP contribution in [0, 0.1) is 0 Å². The molecule has 0 aliphatic carbocycles. The quantitative estimate of drug-likeness (QED) is 0.0451. The minimum absolute atomic E-state index is 0. The number of esters is 2. The Hall–Kier alpha value is -1.84. The molecule has 312 valence electrons. The van der Waals surface area contributed by atoms with E-state index in [0.717, 1.165) is 38.5 Å². The van der Waals surface area contributed by atoms with Gasteiger partial charge in [-0.1, -0.05) is 181 Å². The van der Waals surface area contributed by atoms with E-state index < -0.39 is 29.9 Å². The molecule has 53 heavy (non-hydrogen) atoms. The largest absolute Gasteiger partial charge is 0.466 e. The van der Waals surface area contributed by atoms with Crippen molar-refractivity contribution in [3.05, 3.63) is 18.2 Å². The van der Waals surface area contributed by atoms with E-state index in [1.54, 1.807) is 12.4 Å². The van der Waals surface area contributed by atoms with Crippen LogP contribution in [0.3, 0.4) is 0 Å². The van der Waals surface area contributed by atoms with Gasteiger partial charge in [0, 0.05) is 18.8 Å². The number of rotatable bonds is 37. The van der Waals surface area contributed by atoms with Gasteiger partial charge in [-0.05, 0) is 12.8 Å². The first-order chi connectivity index (χ1) is 25.0. The standard InChI is InChI=1S/C42H78N4O5.2ClH/c1-3-5-7-9-11-13-15-17-19-21-23-25-27-29-33-50-40(47)36-38(46-41(48)37(43)35-39-44-31-32-45-39)42(49)51-34-30-28-26-24-22-20-18-16-14-12-10-8-6-4-2;;/h31-32,37-38H,3-30,33-36,43H2,1-2H3,(H,44,45)(H,46,48);2*1H/t37-,38+;;/m0../s1. The van der Waals surface area contributed by atoms with Gasteiger partial charge in [-0.25, -0.2) is 9.78 Å². The molecular weight excluding hydrogens is 711 g/mol. The Morgan fingerprint density at radius 1 is 0.623 bits per heavy atom. The number of amides is 1. The van der Waals surface area contributed by atoms with Gasteiger partial charge in [0.2, 0.25) is 5.91 Å². The second kappa shape index (κ2) is 39.8. The molecule has 0 aromatic carbocycles. The van der Waals surface area contributed by atoms with Crippen LogP contribution in [0.25, 0.3) is 0 Å². The maximum atomic E-state index is 13.0. The first-order valence-corrected chi connectivity index (χ1v) is 21.3. The van der Waals surface area contributed by atoms with Crippen LogP contribution < -0.4 is 11.1 Å². The highest BCUT2D eigenvalue weighted by Gasteiger charge is 2.28. The zero-order valence-corrected chi connectivity index (χ0v) is 35.5. The lowest BCUT2D eigenvalue weighted by molar-refractivity contribution is -0.154. The fourth-order valence-corrected chi connectivity index (χ4v) is 6.46. The second-order valence-electron chi connectivity index (χ2n) is 14.7. The Morgan fingerprint density at radius 3 is 1.38 bits per heavy atom. The molecule has 0 fully saturated rings. The summed E-state index contributed by atoms with van der Waals surface area (Å²) in [6.45, 7) is 5.09. The van der Waals surface area contributed by atoms with E-state index in [9.17, 15) is 14.4 Å². The molecule has 0 saturated heterocycles. The Labute approximate surface area is 336 Å². The highest BCUT2D eigenvalue weighted by atomic mass is 35.5. The lowest BCUT2D eigenvalue weighted by Gasteiger charge is -2.19. The molecule has 1 amide bonds. The summed E-state index contributed by atoms with van der Waals surface area (Å²) in [7, 11) is 0. The summed E-state index contributed by atoms with van der Waals surface area (Å²) in [5.74, 6) is -1.12. The third-order valence-electron chi connectivity index (χ3n) is 9.78. The zero-order valence-electron chi connectivity index (χ0n) is 33.8. The van der Waals surface area contributed by atoms with Crippen molar-refractivity contribution in [2.75, 3.05) is 13.2 Å². The summed E-state index contributed by atoms with van der Waals surface area (Å²) >= 11 is 0. The highest BCUT2D eigenvalue weighted by molar-refractivity contribution is 5.90. The summed E-state index contributed by atoms with van der Waals surface area (Å²) in [4.78, 5) is 45.6. The van der Waals surface area contributed by atoms with Gasteiger partial charge in [-0.3, -0.25) is 9.59 Å². The molecule has 0 aliphatic rings. The molecule has 11 heteroatoms. The molecule has 1 rings (SSSR count). The second-order valence-corrected chi connectivity index (χ2v) is 14.7. The average Bonchev–Trinajstić information content (AvgIpc) is 3.64. The Balaban J connectivity index is 0. The summed E-state index contributed by atoms with van der Waals surface area (Å²) in [5.41, 5.74) is 6.08. The van der Waals surface area contributed by atoms with E-state index in [0.29, 0.717) is 12.4 Å². The molecule has 4 N–H and O–H groups in total. The predicted molar refractivity (Wildman–Crippen MR) is 224 cm³/mol. The Bertz CT molecular complexity index is 954. The number of halogens is 2. The molecule has 0 unspecified atom stereocenters. The monoisotopic (exact) mass is 791 g/mol. The van der Waals surface area contributed by atoms with Crippen LogP contribution in [-0.4, -0.2) is 53.1 Å². The Morgan fingerprint density at radius 2 is 1.00 bits per heavy atom. The maximum Gasteiger partial charge on any atom is 0.329 e. The van der Waals surface area contributed by atoms with Crippen molar-refractivity contribution < 1.29 is 23.9 Å². The molecule has 0 spiro atoms. The van der Waals surface area contributed by atoms with Crippen molar-refractivity contribution in [2.24, 2.45) is 5.73 Å². The number of nitrogens with two attached hydrogens (primary N) is 1. The van der Waals surface area contributed by atoms with Crippen molar-refractivity contribution in [2.45, 2.75) is 219 Å². The molecule has 0 radical (unpaired) electrons. The van der Waals surface area contributed by atoms with Crippen LogP contribution in [0.2, 0.25) is 0 Å². The fraction of sp³-hybridized carbons (Fsp3) is 0.857. The number of aromatic nitrogens is 2. The van der Waals surface area contributed by atoms with E-state index in [4.69, 9.17) is 15.2 Å². The first kappa shape index (κ1) is 53.3. The molecule has 0 bridgehead atoms. The van der Waals surface area contributed by atoms with Gasteiger partial charge in [-0.2, -0.15) is 0 Å². The van der Waals surface area contributed by atoms with Crippen LogP contribution >= 0.6 is 24.8 Å². The van der Waals surface area contributed by atoms with Crippen LogP contribution in [0.4, 0.5) is 0 Å². The molecule has 2 atom stereocenters. The van der Waals surface area contributed by atoms with Crippen LogP contribution in [0.1, 0.15) is 206 Å². The lowest BCUT2D eigenvalue weighted by atomic mass is 10.0. The van der Waals surface area contributed by atoms with Crippen molar-refractivity contribution in [3.8, 4) is 0 Å². The molecule has 1 aromatic rings. The predicted octanol–water partition coefficient (Wildman–Crippen LogP) is 11.0. The third kappa shape index (κ3) is 33.2. The summed E-state index contributed by atoms with van der Waals surface area (Å²) in [6.07, 6.45) is 38.2. The van der Waals surface area contributed by atoms with Crippen molar-refractivity contribution in [3.63, 3.8) is 0 Å². The smallest absolute Gasteiger partial charge is 0.329 e. The van der Waals surface area contributed by atoms with Gasteiger partial charge in [0.05, 0.1) is 25.7 Å². The molecular formula is C42H80Cl2N4O5. The van der Waals surface area contributed by atoms with Gasteiger partial charge in [-0.15, -0.1) is 24.8 Å². The van der Waals surface area contributed by atoms with Crippen molar-refractivity contribution >= 4 is 42.7 Å². The van der Waals surface area contributed by atoms with Crippen LogP contribution in [-0.2, 0) is 30.3 Å². The summed E-state index contributed by atoms with van der Waals surface area (Å²) in [6, 6.07) is -2.07. The molecule has 0 saturated carbocycles. The number of hydrogen-bond donors (Lipinski definition) is 3. The van der Waals surface area contributed by atoms with Crippen LogP contribution in [0.15, 0.2) is 12.4 Å². The number of imidazole rings is 1. The topological polar surface area (TPSA) is 136 Å². The van der Waals surface area contributed by atoms with Crippen molar-refractivity contribution in [1.82, 2.24) is 15.3 Å². The first-order valence-electron chi connectivity index (χ1n) is 21.3. The van der Waals surface area contributed by atoms with Crippen molar-refractivity contribution in [1.29, 1.82) is 0 Å². The molecule has 9 nitrogen and oxygen atoms in total. The zero-order chi connectivity index (χ0) is 37.0. The van der Waals surface area contributed by atoms with Gasteiger partial charge in [0.25, 0.3) is 0 Å². The number of nitrogens with zero attached hydrogens (tertiary/aromatic N) is 1. The number of nitrogens with one attached hydrogen (secondary N) is 2. The number of carbonyl (C=O) groups is 3. The lowest BCUT2D eigenvalue weighted by Crippen LogP contribution is -2.50. The number of H-pyrrole nitrogens is 1. The van der Waals surface area contributed by atoms with E-state index in [-0.39, 0.29) is 44.3 Å². The summed E-state index contributed by atoms with van der Waals surface area (Å²) < 4.78 is 11.0. The van der Waals surface area contributed by atoms with E-state index in [1.165, 1.54) is 141 Å². The minimum atomic E-state index is -1.14. The molecule has 1 aromatic heterocycles. The minimum Gasteiger partial charge on any atom is -0.466 e. The number of aromatic amines is 1. The number of carbonyl (C=O) groups excluding carboxylic acids is 3. The van der Waals surface area contributed by atoms with Gasteiger partial charge in [0.1, 0.15) is 11.9 Å². The maximum absolute atomic E-state index is 13.0. The third-order valence-corrected chi connectivity index (χ3v) is 9.78. The van der Waals surface area contributed by atoms with Gasteiger partial charge >= 0.3 is 11.9 Å². The normalized spacial score (nSPS) is 12.0. The fourth-order valence-electron chi connectivity index (χ4n) is 6.46. The number of unbranched alkanes of at least 4 members (excludes halogenated alkanes) is 26. The molecule has 0 aliphatic heterocycles. The SMILES string of the molecule is CCCCCCCCCCCCCCCCOC(=O)C[C@@H](NC(=O)[C@@H](N)Cc1ncc[nH]1)C(=O)OCCCCCCCCCCCCCCCC.Cl.Cl. The number of ether oxygens (including phenoxy) is 2.